The van der Waals surface area contributed by atoms with E-state index in [1.807, 2.05) is 23.1 Å². The van der Waals surface area contributed by atoms with Gasteiger partial charge >= 0.3 is 0 Å². The lowest BCUT2D eigenvalue weighted by atomic mass is 10.0. The van der Waals surface area contributed by atoms with Crippen LogP contribution in [0.3, 0.4) is 0 Å². The molecule has 0 spiro atoms. The SMILES string of the molecule is COc1cccc(C(=O)N2CCC(NC(=O)COc3ccccc3OC)CC2)c1. The maximum Gasteiger partial charge on any atom is 0.258 e. The van der Waals surface area contributed by atoms with Crippen LogP contribution in [0.15, 0.2) is 48.5 Å². The van der Waals surface area contributed by atoms with Gasteiger partial charge in [-0.2, -0.15) is 0 Å². The maximum atomic E-state index is 12.7. The number of hydrogen-bond donors (Lipinski definition) is 1. The zero-order valence-electron chi connectivity index (χ0n) is 16.7. The van der Waals surface area contributed by atoms with Crippen molar-refractivity contribution < 1.29 is 23.8 Å². The van der Waals surface area contributed by atoms with Gasteiger partial charge in [-0.25, -0.2) is 0 Å². The molecule has 0 aromatic heterocycles. The number of nitrogens with one attached hydrogen (secondary N) is 1. The Morgan fingerprint density at radius 2 is 1.72 bits per heavy atom. The molecule has 2 aromatic rings. The number of rotatable bonds is 7. The Morgan fingerprint density at radius 1 is 1.00 bits per heavy atom. The van der Waals surface area contributed by atoms with Crippen molar-refractivity contribution in [1.82, 2.24) is 10.2 Å². The fourth-order valence-corrected chi connectivity index (χ4v) is 3.32. The van der Waals surface area contributed by atoms with Gasteiger partial charge in [-0.1, -0.05) is 18.2 Å². The van der Waals surface area contributed by atoms with Gasteiger partial charge in [0.25, 0.3) is 11.8 Å². The maximum absolute atomic E-state index is 12.7. The summed E-state index contributed by atoms with van der Waals surface area (Å²) in [6, 6.07) is 14.4. The number of methoxy groups -OCH3 is 2. The van der Waals surface area contributed by atoms with Crippen LogP contribution in [0, 0.1) is 0 Å². The topological polar surface area (TPSA) is 77.1 Å². The van der Waals surface area contributed by atoms with Crippen LogP contribution < -0.4 is 19.5 Å². The first-order chi connectivity index (χ1) is 14.1. The van der Waals surface area contributed by atoms with Crippen molar-refractivity contribution in [3.05, 3.63) is 54.1 Å². The molecule has 0 atom stereocenters. The first-order valence-electron chi connectivity index (χ1n) is 9.59. The number of ether oxygens (including phenoxy) is 3. The van der Waals surface area contributed by atoms with E-state index in [0.717, 1.165) is 0 Å². The Kier molecular flexibility index (Phi) is 6.94. The van der Waals surface area contributed by atoms with Crippen molar-refractivity contribution in [1.29, 1.82) is 0 Å². The molecular weight excluding hydrogens is 372 g/mol. The lowest BCUT2D eigenvalue weighted by Crippen LogP contribution is -2.47. The number of piperidine rings is 1. The van der Waals surface area contributed by atoms with Crippen LogP contribution in [0.2, 0.25) is 0 Å². The highest BCUT2D eigenvalue weighted by Crippen LogP contribution is 2.25. The van der Waals surface area contributed by atoms with Gasteiger partial charge in [-0.15, -0.1) is 0 Å². The molecule has 154 valence electrons. The first-order valence-corrected chi connectivity index (χ1v) is 9.59. The van der Waals surface area contributed by atoms with Gasteiger partial charge < -0.3 is 24.4 Å². The summed E-state index contributed by atoms with van der Waals surface area (Å²) in [5, 5.41) is 2.98. The van der Waals surface area contributed by atoms with Gasteiger partial charge in [0.2, 0.25) is 0 Å². The molecule has 7 nitrogen and oxygen atoms in total. The quantitative estimate of drug-likeness (QED) is 0.776. The molecule has 1 N–H and O–H groups in total. The predicted molar refractivity (Wildman–Crippen MR) is 109 cm³/mol. The Morgan fingerprint density at radius 3 is 2.41 bits per heavy atom. The Hall–Kier alpha value is -3.22. The Balaban J connectivity index is 1.45. The molecule has 29 heavy (non-hydrogen) atoms. The molecule has 0 unspecified atom stereocenters. The molecule has 2 amide bonds. The van der Waals surface area contributed by atoms with Gasteiger partial charge in [-0.05, 0) is 43.2 Å². The van der Waals surface area contributed by atoms with E-state index >= 15 is 0 Å². The highest BCUT2D eigenvalue weighted by atomic mass is 16.5. The molecule has 1 heterocycles. The van der Waals surface area contributed by atoms with Crippen molar-refractivity contribution in [2.75, 3.05) is 33.9 Å². The van der Waals surface area contributed by atoms with Crippen LogP contribution in [0.4, 0.5) is 0 Å². The molecule has 1 saturated heterocycles. The average Bonchev–Trinajstić information content (AvgIpc) is 2.78. The predicted octanol–water partition coefficient (Wildman–Crippen LogP) is 2.50. The third-order valence-electron chi connectivity index (χ3n) is 4.89. The number of hydrogen-bond acceptors (Lipinski definition) is 5. The minimum atomic E-state index is -0.187. The van der Waals surface area contributed by atoms with Crippen LogP contribution in [-0.2, 0) is 4.79 Å². The van der Waals surface area contributed by atoms with Crippen molar-refractivity contribution in [2.24, 2.45) is 0 Å². The van der Waals surface area contributed by atoms with E-state index in [-0.39, 0.29) is 24.5 Å². The fourth-order valence-electron chi connectivity index (χ4n) is 3.32. The van der Waals surface area contributed by atoms with Gasteiger partial charge in [0.05, 0.1) is 14.2 Å². The second-order valence-electron chi connectivity index (χ2n) is 6.81. The lowest BCUT2D eigenvalue weighted by Gasteiger charge is -2.32. The van der Waals surface area contributed by atoms with Crippen molar-refractivity contribution in [2.45, 2.75) is 18.9 Å². The number of amides is 2. The lowest BCUT2D eigenvalue weighted by molar-refractivity contribution is -0.124. The molecule has 3 rings (SSSR count). The van der Waals surface area contributed by atoms with Crippen LogP contribution in [0.25, 0.3) is 0 Å². The summed E-state index contributed by atoms with van der Waals surface area (Å²) in [7, 11) is 3.14. The van der Waals surface area contributed by atoms with Crippen molar-refractivity contribution in [3.8, 4) is 17.2 Å². The summed E-state index contributed by atoms with van der Waals surface area (Å²) < 4.78 is 16.0. The number of carbonyl (C=O) groups excluding carboxylic acids is 2. The summed E-state index contributed by atoms with van der Waals surface area (Å²) in [4.78, 5) is 26.7. The minimum Gasteiger partial charge on any atom is -0.497 e. The highest BCUT2D eigenvalue weighted by Gasteiger charge is 2.25. The molecule has 0 radical (unpaired) electrons. The minimum absolute atomic E-state index is 0.0202. The zero-order chi connectivity index (χ0) is 20.6. The molecule has 7 heteroatoms. The molecule has 0 bridgehead atoms. The molecule has 2 aromatic carbocycles. The molecule has 1 aliphatic heterocycles. The fraction of sp³-hybridized carbons (Fsp3) is 0.364. The van der Waals surface area contributed by atoms with Gasteiger partial charge in [0, 0.05) is 24.7 Å². The number of nitrogens with zero attached hydrogens (tertiary/aromatic N) is 1. The van der Waals surface area contributed by atoms with Crippen LogP contribution in [0.1, 0.15) is 23.2 Å². The summed E-state index contributed by atoms with van der Waals surface area (Å²) in [6.07, 6.45) is 1.41. The third-order valence-corrected chi connectivity index (χ3v) is 4.89. The largest absolute Gasteiger partial charge is 0.497 e. The monoisotopic (exact) mass is 398 g/mol. The molecule has 0 saturated carbocycles. The van der Waals surface area contributed by atoms with E-state index in [1.54, 1.807) is 44.6 Å². The standard InChI is InChI=1S/C22H26N2O5/c1-27-18-7-5-6-16(14-18)22(26)24-12-10-17(11-13-24)23-21(25)15-29-20-9-4-3-8-19(20)28-2/h3-9,14,17H,10-13,15H2,1-2H3,(H,23,25). The van der Waals surface area contributed by atoms with Gasteiger partial charge in [-0.3, -0.25) is 9.59 Å². The molecule has 0 aliphatic carbocycles. The Labute approximate surface area is 170 Å². The van der Waals surface area contributed by atoms with Gasteiger partial charge in [0.15, 0.2) is 18.1 Å². The van der Waals surface area contributed by atoms with Crippen LogP contribution >= 0.6 is 0 Å². The van der Waals surface area contributed by atoms with Crippen molar-refractivity contribution in [3.63, 3.8) is 0 Å². The first kappa shape index (κ1) is 20.5. The van der Waals surface area contributed by atoms with Gasteiger partial charge in [0.1, 0.15) is 5.75 Å². The van der Waals surface area contributed by atoms with Crippen LogP contribution in [-0.4, -0.2) is 56.7 Å². The summed E-state index contributed by atoms with van der Waals surface area (Å²) in [5.41, 5.74) is 0.608. The Bertz CT molecular complexity index is 847. The van der Waals surface area contributed by atoms with E-state index in [1.165, 1.54) is 0 Å². The zero-order valence-corrected chi connectivity index (χ0v) is 16.7. The van der Waals surface area contributed by atoms with Crippen molar-refractivity contribution >= 4 is 11.8 Å². The number of carbonyl (C=O) groups is 2. The normalized spacial score (nSPS) is 14.2. The summed E-state index contributed by atoms with van der Waals surface area (Å²) in [5.74, 6) is 1.57. The number of benzene rings is 2. The second kappa shape index (κ2) is 9.82. The van der Waals surface area contributed by atoms with E-state index in [4.69, 9.17) is 14.2 Å². The van der Waals surface area contributed by atoms with E-state index in [2.05, 4.69) is 5.32 Å². The smallest absolute Gasteiger partial charge is 0.258 e. The van der Waals surface area contributed by atoms with E-state index in [0.29, 0.717) is 48.7 Å². The molecule has 1 fully saturated rings. The highest BCUT2D eigenvalue weighted by molar-refractivity contribution is 5.94. The average molecular weight is 398 g/mol. The third kappa shape index (κ3) is 5.40. The number of likely N-dealkylation sites (tertiary alicyclic amines) is 1. The molecular formula is C22H26N2O5. The van der Waals surface area contributed by atoms with E-state index in [9.17, 15) is 9.59 Å². The summed E-state index contributed by atoms with van der Waals surface area (Å²) >= 11 is 0. The number of para-hydroxylation sites is 2. The van der Waals surface area contributed by atoms with E-state index < -0.39 is 0 Å². The summed E-state index contributed by atoms with van der Waals surface area (Å²) in [6.45, 7) is 1.10. The van der Waals surface area contributed by atoms with Crippen LogP contribution in [0.5, 0.6) is 17.2 Å². The molecule has 1 aliphatic rings. The second-order valence-corrected chi connectivity index (χ2v) is 6.81.